The fraction of sp³-hybridized carbons (Fsp3) is 0.600. The smallest absolute Gasteiger partial charge is 0.364 e. The summed E-state index contributed by atoms with van der Waals surface area (Å²) in [7, 11) is 1.67. The summed E-state index contributed by atoms with van der Waals surface area (Å²) in [4.78, 5) is 17.2. The van der Waals surface area contributed by atoms with Crippen LogP contribution in [0, 0.1) is 11.3 Å². The van der Waals surface area contributed by atoms with Crippen molar-refractivity contribution in [3.8, 4) is 6.07 Å². The molecule has 0 radical (unpaired) electrons. The summed E-state index contributed by atoms with van der Waals surface area (Å²) >= 11 is 0. The van der Waals surface area contributed by atoms with Crippen molar-refractivity contribution >= 4 is 16.7 Å². The lowest BCUT2D eigenvalue weighted by atomic mass is 9.96. The fourth-order valence-electron chi connectivity index (χ4n) is 5.50. The van der Waals surface area contributed by atoms with E-state index in [9.17, 15) is 18.0 Å². The van der Waals surface area contributed by atoms with E-state index in [4.69, 9.17) is 5.26 Å². The molecule has 3 aromatic heterocycles. The predicted octanol–water partition coefficient (Wildman–Crippen LogP) is 3.93. The minimum Gasteiger partial charge on any atom is -0.364 e. The molecule has 1 aliphatic heterocycles. The van der Waals surface area contributed by atoms with Crippen molar-refractivity contribution in [2.45, 2.75) is 77.9 Å². The Morgan fingerprint density at radius 2 is 1.89 bits per heavy atom. The van der Waals surface area contributed by atoms with Crippen LogP contribution in [0.25, 0.3) is 11.0 Å². The Labute approximate surface area is 213 Å². The zero-order valence-corrected chi connectivity index (χ0v) is 21.8. The maximum absolute atomic E-state index is 14.0. The number of aromatic nitrogens is 5. The van der Waals surface area contributed by atoms with E-state index in [1.54, 1.807) is 26.2 Å². The van der Waals surface area contributed by atoms with Crippen LogP contribution in [0.5, 0.6) is 0 Å². The lowest BCUT2D eigenvalue weighted by molar-refractivity contribution is -0.145. The van der Waals surface area contributed by atoms with E-state index >= 15 is 0 Å². The number of rotatable bonds is 7. The molecule has 0 spiro atoms. The summed E-state index contributed by atoms with van der Waals surface area (Å²) in [6.07, 6.45) is 0.00214. The van der Waals surface area contributed by atoms with Gasteiger partial charge in [0.2, 0.25) is 0 Å². The van der Waals surface area contributed by atoms with Gasteiger partial charge in [-0.25, -0.2) is 0 Å². The van der Waals surface area contributed by atoms with Gasteiger partial charge in [0.05, 0.1) is 29.7 Å². The summed E-state index contributed by atoms with van der Waals surface area (Å²) in [5, 5.41) is 17.7. The molecule has 0 aliphatic carbocycles. The summed E-state index contributed by atoms with van der Waals surface area (Å²) < 4.78 is 46.0. The first-order valence-electron chi connectivity index (χ1n) is 12.6. The molecule has 3 aromatic rings. The van der Waals surface area contributed by atoms with Gasteiger partial charge in [-0.1, -0.05) is 13.8 Å². The molecule has 12 heteroatoms. The van der Waals surface area contributed by atoms with Crippen LogP contribution < -0.4 is 10.5 Å². The van der Waals surface area contributed by atoms with E-state index in [0.29, 0.717) is 29.8 Å². The highest BCUT2D eigenvalue weighted by molar-refractivity contribution is 5.88. The van der Waals surface area contributed by atoms with Crippen molar-refractivity contribution < 1.29 is 13.2 Å². The zero-order valence-electron chi connectivity index (χ0n) is 21.8. The molecule has 37 heavy (non-hydrogen) atoms. The van der Waals surface area contributed by atoms with E-state index in [2.05, 4.69) is 26.1 Å². The van der Waals surface area contributed by atoms with Crippen molar-refractivity contribution in [2.75, 3.05) is 18.0 Å². The Balaban J connectivity index is 1.74. The molecule has 0 N–H and O–H groups in total. The number of hydrogen-bond donors (Lipinski definition) is 0. The summed E-state index contributed by atoms with van der Waals surface area (Å²) in [6, 6.07) is 3.07. The van der Waals surface area contributed by atoms with Gasteiger partial charge in [0.15, 0.2) is 0 Å². The average Bonchev–Trinajstić information content (AvgIpc) is 3.50. The fourth-order valence-corrected chi connectivity index (χ4v) is 5.50. The first-order chi connectivity index (χ1) is 17.5. The topological polar surface area (TPSA) is 87.9 Å². The van der Waals surface area contributed by atoms with Crippen LogP contribution in [0.15, 0.2) is 23.3 Å². The van der Waals surface area contributed by atoms with E-state index < -0.39 is 17.9 Å². The van der Waals surface area contributed by atoms with Gasteiger partial charge < -0.3 is 9.47 Å². The molecule has 1 saturated heterocycles. The molecule has 4 heterocycles. The third-order valence-electron chi connectivity index (χ3n) is 7.54. The van der Waals surface area contributed by atoms with Gasteiger partial charge in [-0.05, 0) is 26.7 Å². The average molecular weight is 519 g/mol. The highest BCUT2D eigenvalue weighted by Gasteiger charge is 2.42. The Morgan fingerprint density at radius 1 is 1.19 bits per heavy atom. The van der Waals surface area contributed by atoms with Gasteiger partial charge in [-0.15, -0.1) is 0 Å². The van der Waals surface area contributed by atoms with E-state index in [1.165, 1.54) is 15.4 Å². The first kappa shape index (κ1) is 26.7. The van der Waals surface area contributed by atoms with Gasteiger partial charge in [0.25, 0.3) is 5.56 Å². The maximum atomic E-state index is 14.0. The lowest BCUT2D eigenvalue weighted by Gasteiger charge is -2.49. The van der Waals surface area contributed by atoms with E-state index in [-0.39, 0.29) is 36.3 Å². The van der Waals surface area contributed by atoms with Crippen molar-refractivity contribution in [2.24, 2.45) is 7.05 Å². The third kappa shape index (κ3) is 4.72. The molecule has 200 valence electrons. The summed E-state index contributed by atoms with van der Waals surface area (Å²) in [5.41, 5.74) is 1.28. The van der Waals surface area contributed by atoms with Crippen molar-refractivity contribution in [3.05, 3.63) is 40.1 Å². The largest absolute Gasteiger partial charge is 0.433 e. The molecular formula is C25H33F3N8O. The zero-order chi connectivity index (χ0) is 27.1. The minimum atomic E-state index is -4.50. The molecule has 1 aliphatic rings. The number of nitrogens with zero attached hydrogens (tertiary/aromatic N) is 8. The molecule has 0 amide bonds. The monoisotopic (exact) mass is 518 g/mol. The Kier molecular flexibility index (Phi) is 7.37. The summed E-state index contributed by atoms with van der Waals surface area (Å²) in [5.74, 6) is 0. The standard InChI is InChI=1S/C25H33F3N8O/c1-6-17-14-35(20-11-22(37)32(5)21-15-33(10-9-29)31-23(20)21)18(7-2)13-34(17)16(4)19-12-30-36(8-3)24(19)25(26,27)28/h11-12,15-18H,6-8,10,13-14H2,1-5H3/t16-,17+,18-/m0/s1. The van der Waals surface area contributed by atoms with Crippen molar-refractivity contribution in [1.82, 2.24) is 29.0 Å². The van der Waals surface area contributed by atoms with Crippen molar-refractivity contribution in [3.63, 3.8) is 0 Å². The van der Waals surface area contributed by atoms with Crippen LogP contribution in [0.1, 0.15) is 57.8 Å². The molecule has 3 atom stereocenters. The highest BCUT2D eigenvalue weighted by Crippen LogP contribution is 2.39. The minimum absolute atomic E-state index is 0.0442. The van der Waals surface area contributed by atoms with Crippen LogP contribution in [-0.2, 0) is 26.3 Å². The molecule has 0 unspecified atom stereocenters. The normalized spacial score (nSPS) is 19.9. The SMILES string of the molecule is CC[C@H]1CN([C@@H](C)c2cnn(CC)c2C(F)(F)F)[C@H](CC)CN1c1cc(=O)n(C)c2cn(CC#N)nc12. The number of halogens is 3. The van der Waals surface area contributed by atoms with E-state index in [0.717, 1.165) is 17.5 Å². The van der Waals surface area contributed by atoms with Crippen LogP contribution in [0.3, 0.4) is 0 Å². The molecule has 0 saturated carbocycles. The second-order valence-corrected chi connectivity index (χ2v) is 9.56. The number of nitriles is 1. The van der Waals surface area contributed by atoms with Crippen LogP contribution in [0.2, 0.25) is 0 Å². The van der Waals surface area contributed by atoms with Gasteiger partial charge in [-0.3, -0.25) is 19.1 Å². The van der Waals surface area contributed by atoms with Gasteiger partial charge in [0, 0.05) is 56.4 Å². The van der Waals surface area contributed by atoms with Crippen LogP contribution in [0.4, 0.5) is 18.9 Å². The first-order valence-corrected chi connectivity index (χ1v) is 12.6. The predicted molar refractivity (Wildman–Crippen MR) is 134 cm³/mol. The number of aryl methyl sites for hydroxylation is 2. The number of anilines is 1. The highest BCUT2D eigenvalue weighted by atomic mass is 19.4. The number of piperazine rings is 1. The third-order valence-corrected chi connectivity index (χ3v) is 7.54. The van der Waals surface area contributed by atoms with Crippen molar-refractivity contribution in [1.29, 1.82) is 5.26 Å². The quantitative estimate of drug-likeness (QED) is 0.471. The Bertz CT molecular complexity index is 1370. The Morgan fingerprint density at radius 3 is 2.49 bits per heavy atom. The van der Waals surface area contributed by atoms with E-state index in [1.807, 2.05) is 20.8 Å². The number of alkyl halides is 3. The maximum Gasteiger partial charge on any atom is 0.433 e. The number of pyridine rings is 1. The lowest BCUT2D eigenvalue weighted by Crippen LogP contribution is -2.59. The van der Waals surface area contributed by atoms with Gasteiger partial charge in [0.1, 0.15) is 17.8 Å². The number of fused-ring (bicyclic) bond motifs is 1. The summed E-state index contributed by atoms with van der Waals surface area (Å²) in [6.45, 7) is 8.80. The van der Waals surface area contributed by atoms with Crippen LogP contribution >= 0.6 is 0 Å². The van der Waals surface area contributed by atoms with Crippen LogP contribution in [-0.4, -0.2) is 54.2 Å². The molecule has 1 fully saturated rings. The molecule has 0 bridgehead atoms. The second kappa shape index (κ2) is 10.2. The molecular weight excluding hydrogens is 485 g/mol. The second-order valence-electron chi connectivity index (χ2n) is 9.56. The van der Waals surface area contributed by atoms with Gasteiger partial charge in [-0.2, -0.15) is 28.6 Å². The number of hydrogen-bond acceptors (Lipinski definition) is 6. The molecule has 4 rings (SSSR count). The van der Waals surface area contributed by atoms with Gasteiger partial charge >= 0.3 is 6.18 Å². The molecule has 9 nitrogen and oxygen atoms in total. The molecule has 0 aromatic carbocycles. The Hall–Kier alpha value is -3.33.